The third kappa shape index (κ3) is 2.86. The Labute approximate surface area is 129 Å². The van der Waals surface area contributed by atoms with Crippen LogP contribution in [0.3, 0.4) is 0 Å². The predicted molar refractivity (Wildman–Crippen MR) is 89.8 cm³/mol. The van der Waals surface area contributed by atoms with Crippen molar-refractivity contribution in [3.63, 3.8) is 0 Å². The average molecular weight is 297 g/mol. The van der Waals surface area contributed by atoms with Crippen LogP contribution in [0.4, 0.5) is 5.69 Å². The zero-order valence-electron chi connectivity index (χ0n) is 11.9. The first-order valence-electron chi connectivity index (χ1n) is 7.14. The van der Waals surface area contributed by atoms with E-state index in [9.17, 15) is 0 Å². The highest BCUT2D eigenvalue weighted by molar-refractivity contribution is 6.35. The molecule has 1 N–H and O–H groups in total. The Bertz CT molecular complexity index is 741. The summed E-state index contributed by atoms with van der Waals surface area (Å²) in [5.41, 5.74) is 3.21. The lowest BCUT2D eigenvalue weighted by atomic mass is 10.0. The Morgan fingerprint density at radius 3 is 2.62 bits per heavy atom. The quantitative estimate of drug-likeness (QED) is 0.692. The van der Waals surface area contributed by atoms with Crippen LogP contribution < -0.4 is 5.32 Å². The Balaban J connectivity index is 1.99. The van der Waals surface area contributed by atoms with Crippen LogP contribution in [0.1, 0.15) is 24.9 Å². The maximum atomic E-state index is 6.25. The minimum atomic E-state index is 0.262. The first kappa shape index (κ1) is 13.9. The molecule has 2 nitrogen and oxygen atoms in total. The maximum absolute atomic E-state index is 6.25. The number of aromatic nitrogens is 1. The number of nitrogens with zero attached hydrogens (tertiary/aromatic N) is 1. The van der Waals surface area contributed by atoms with Crippen molar-refractivity contribution in [3.8, 4) is 0 Å². The number of nitrogens with one attached hydrogen (secondary N) is 1. The number of fused-ring (bicyclic) bond motifs is 1. The van der Waals surface area contributed by atoms with Crippen LogP contribution >= 0.6 is 11.6 Å². The number of hydrogen-bond acceptors (Lipinski definition) is 2. The molecule has 3 rings (SSSR count). The van der Waals surface area contributed by atoms with Crippen molar-refractivity contribution in [3.05, 3.63) is 71.4 Å². The highest BCUT2D eigenvalue weighted by atomic mass is 35.5. The summed E-state index contributed by atoms with van der Waals surface area (Å²) in [6.45, 7) is 2.18. The molecule has 1 aromatic heterocycles. The molecule has 1 heterocycles. The van der Waals surface area contributed by atoms with E-state index in [0.717, 1.165) is 28.0 Å². The molecule has 0 radical (unpaired) electrons. The lowest BCUT2D eigenvalue weighted by Gasteiger charge is -2.20. The summed E-state index contributed by atoms with van der Waals surface area (Å²) in [6.07, 6.45) is 2.80. The van der Waals surface area contributed by atoms with E-state index >= 15 is 0 Å². The normalized spacial score (nSPS) is 12.3. The van der Waals surface area contributed by atoms with Crippen LogP contribution in [0, 0.1) is 0 Å². The fourth-order valence-electron chi connectivity index (χ4n) is 2.55. The molecule has 1 atom stereocenters. The molecular formula is C18H17ClN2. The van der Waals surface area contributed by atoms with Gasteiger partial charge in [-0.05, 0) is 36.2 Å². The monoisotopic (exact) mass is 296 g/mol. The predicted octanol–water partition coefficient (Wildman–Crippen LogP) is 5.45. The fraction of sp³-hybridized carbons (Fsp3) is 0.167. The Morgan fingerprint density at radius 1 is 1.05 bits per heavy atom. The van der Waals surface area contributed by atoms with E-state index in [0.29, 0.717) is 0 Å². The molecule has 2 aromatic carbocycles. The largest absolute Gasteiger partial charge is 0.376 e. The number of hydrogen-bond donors (Lipinski definition) is 1. The minimum Gasteiger partial charge on any atom is -0.376 e. The van der Waals surface area contributed by atoms with E-state index in [4.69, 9.17) is 11.6 Å². The number of benzene rings is 2. The molecule has 0 bridgehead atoms. The van der Waals surface area contributed by atoms with Gasteiger partial charge in [-0.1, -0.05) is 48.9 Å². The summed E-state index contributed by atoms with van der Waals surface area (Å²) in [7, 11) is 0. The van der Waals surface area contributed by atoms with Gasteiger partial charge in [0.1, 0.15) is 0 Å². The molecule has 0 aliphatic carbocycles. The molecule has 0 spiro atoms. The third-order valence-electron chi connectivity index (χ3n) is 3.66. The minimum absolute atomic E-state index is 0.262. The first-order valence-corrected chi connectivity index (χ1v) is 7.52. The van der Waals surface area contributed by atoms with E-state index in [1.165, 1.54) is 5.56 Å². The zero-order chi connectivity index (χ0) is 14.7. The fourth-order valence-corrected chi connectivity index (χ4v) is 2.76. The first-order chi connectivity index (χ1) is 10.3. The highest BCUT2D eigenvalue weighted by Crippen LogP contribution is 2.31. The number of anilines is 1. The van der Waals surface area contributed by atoms with E-state index in [-0.39, 0.29) is 6.04 Å². The smallest absolute Gasteiger partial charge is 0.0948 e. The summed E-state index contributed by atoms with van der Waals surface area (Å²) in [5, 5.41) is 5.31. The van der Waals surface area contributed by atoms with Crippen LogP contribution in [-0.4, -0.2) is 4.98 Å². The van der Waals surface area contributed by atoms with Crippen LogP contribution in [-0.2, 0) is 0 Å². The maximum Gasteiger partial charge on any atom is 0.0948 e. The standard InChI is InChI=1S/C18H17ClN2/c1-2-16(13-7-4-3-5-8-13)21-17-11-10-15(19)14-9-6-12-20-18(14)17/h3-12,16,21H,2H2,1H3. The second-order valence-corrected chi connectivity index (χ2v) is 5.42. The molecule has 0 aliphatic heterocycles. The molecule has 3 aromatic rings. The van der Waals surface area contributed by atoms with Gasteiger partial charge in [0.05, 0.1) is 22.3 Å². The second kappa shape index (κ2) is 6.15. The van der Waals surface area contributed by atoms with Crippen LogP contribution in [0.5, 0.6) is 0 Å². The van der Waals surface area contributed by atoms with Crippen molar-refractivity contribution in [1.82, 2.24) is 4.98 Å². The van der Waals surface area contributed by atoms with E-state index in [1.54, 1.807) is 6.20 Å². The molecule has 0 amide bonds. The van der Waals surface area contributed by atoms with Crippen LogP contribution in [0.25, 0.3) is 10.9 Å². The number of pyridine rings is 1. The van der Waals surface area contributed by atoms with Crippen molar-refractivity contribution < 1.29 is 0 Å². The van der Waals surface area contributed by atoms with Crippen LogP contribution in [0.2, 0.25) is 5.02 Å². The Hall–Kier alpha value is -2.06. The van der Waals surface area contributed by atoms with Crippen molar-refractivity contribution in [2.24, 2.45) is 0 Å². The van der Waals surface area contributed by atoms with Gasteiger partial charge in [0.25, 0.3) is 0 Å². The van der Waals surface area contributed by atoms with Gasteiger partial charge in [-0.3, -0.25) is 4.98 Å². The molecule has 0 fully saturated rings. The summed E-state index contributed by atoms with van der Waals surface area (Å²) in [4.78, 5) is 4.48. The van der Waals surface area contributed by atoms with Gasteiger partial charge < -0.3 is 5.32 Å². The summed E-state index contributed by atoms with van der Waals surface area (Å²) < 4.78 is 0. The highest BCUT2D eigenvalue weighted by Gasteiger charge is 2.12. The van der Waals surface area contributed by atoms with Gasteiger partial charge in [0.15, 0.2) is 0 Å². The van der Waals surface area contributed by atoms with Gasteiger partial charge in [-0.25, -0.2) is 0 Å². The average Bonchev–Trinajstić information content (AvgIpc) is 2.55. The topological polar surface area (TPSA) is 24.9 Å². The Kier molecular flexibility index (Phi) is 4.07. The van der Waals surface area contributed by atoms with Crippen molar-refractivity contribution in [2.75, 3.05) is 5.32 Å². The van der Waals surface area contributed by atoms with Crippen molar-refractivity contribution in [1.29, 1.82) is 0 Å². The van der Waals surface area contributed by atoms with Gasteiger partial charge >= 0.3 is 0 Å². The lowest BCUT2D eigenvalue weighted by Crippen LogP contribution is -2.10. The molecule has 0 saturated carbocycles. The SMILES string of the molecule is CCC(Nc1ccc(Cl)c2cccnc12)c1ccccc1. The second-order valence-electron chi connectivity index (χ2n) is 5.01. The molecule has 1 unspecified atom stereocenters. The van der Waals surface area contributed by atoms with E-state index in [1.807, 2.05) is 30.3 Å². The van der Waals surface area contributed by atoms with Gasteiger partial charge in [0, 0.05) is 11.6 Å². The lowest BCUT2D eigenvalue weighted by molar-refractivity contribution is 0.750. The van der Waals surface area contributed by atoms with Gasteiger partial charge in [0.2, 0.25) is 0 Å². The van der Waals surface area contributed by atoms with Gasteiger partial charge in [-0.2, -0.15) is 0 Å². The molecule has 21 heavy (non-hydrogen) atoms. The molecule has 0 aliphatic rings. The van der Waals surface area contributed by atoms with Gasteiger partial charge in [-0.15, -0.1) is 0 Å². The molecule has 3 heteroatoms. The molecule has 106 valence electrons. The zero-order valence-corrected chi connectivity index (χ0v) is 12.6. The number of halogens is 1. The Morgan fingerprint density at radius 2 is 1.86 bits per heavy atom. The van der Waals surface area contributed by atoms with E-state index in [2.05, 4.69) is 41.5 Å². The third-order valence-corrected chi connectivity index (χ3v) is 3.99. The summed E-state index contributed by atoms with van der Waals surface area (Å²) >= 11 is 6.25. The summed E-state index contributed by atoms with van der Waals surface area (Å²) in [5.74, 6) is 0. The molecular weight excluding hydrogens is 280 g/mol. The van der Waals surface area contributed by atoms with Crippen molar-refractivity contribution >= 4 is 28.2 Å². The molecule has 0 saturated heterocycles. The van der Waals surface area contributed by atoms with Crippen LogP contribution in [0.15, 0.2) is 60.8 Å². The number of rotatable bonds is 4. The van der Waals surface area contributed by atoms with Crippen molar-refractivity contribution in [2.45, 2.75) is 19.4 Å². The van der Waals surface area contributed by atoms with E-state index < -0.39 is 0 Å². The summed E-state index contributed by atoms with van der Waals surface area (Å²) in [6, 6.07) is 18.6.